The summed E-state index contributed by atoms with van der Waals surface area (Å²) in [7, 11) is -3.87. The van der Waals surface area contributed by atoms with Crippen molar-refractivity contribution in [3.05, 3.63) is 53.5 Å². The molecule has 3 rings (SSSR count). The van der Waals surface area contributed by atoms with Crippen LogP contribution in [-0.2, 0) is 21.4 Å². The molecule has 2 heterocycles. The van der Waals surface area contributed by atoms with E-state index in [1.54, 1.807) is 25.1 Å². The fourth-order valence-electron chi connectivity index (χ4n) is 2.53. The van der Waals surface area contributed by atoms with Crippen molar-refractivity contribution in [1.29, 1.82) is 0 Å². The van der Waals surface area contributed by atoms with Gasteiger partial charge in [-0.05, 0) is 49.2 Å². The lowest BCUT2D eigenvalue weighted by atomic mass is 10.1. The van der Waals surface area contributed by atoms with Crippen LogP contribution < -0.4 is 10.1 Å². The van der Waals surface area contributed by atoms with Crippen LogP contribution in [0.2, 0.25) is 0 Å². The first-order valence-corrected chi connectivity index (χ1v) is 11.4. The average molecular weight is 451 g/mol. The van der Waals surface area contributed by atoms with E-state index in [0.29, 0.717) is 11.5 Å². The molecule has 0 saturated heterocycles. The molecule has 9 nitrogen and oxygen atoms in total. The van der Waals surface area contributed by atoms with Crippen molar-refractivity contribution < 1.29 is 22.4 Å². The fraction of sp³-hybridized carbons (Fsp3) is 0.316. The van der Waals surface area contributed by atoms with Gasteiger partial charge in [0.2, 0.25) is 9.47 Å². The van der Waals surface area contributed by atoms with Crippen LogP contribution in [0.5, 0.6) is 5.75 Å². The number of aromatic nitrogens is 2. The number of hydrogen-bond acceptors (Lipinski definition) is 8. The summed E-state index contributed by atoms with van der Waals surface area (Å²) in [4.78, 5) is 12.1. The van der Waals surface area contributed by atoms with Crippen molar-refractivity contribution in [2.75, 3.05) is 18.5 Å². The highest BCUT2D eigenvalue weighted by Crippen LogP contribution is 2.24. The number of benzene rings is 1. The number of amides is 1. The Labute approximate surface area is 178 Å². The van der Waals surface area contributed by atoms with Gasteiger partial charge in [0.1, 0.15) is 11.5 Å². The van der Waals surface area contributed by atoms with Gasteiger partial charge in [0, 0.05) is 6.54 Å². The van der Waals surface area contributed by atoms with E-state index in [2.05, 4.69) is 15.5 Å². The minimum atomic E-state index is -3.87. The topological polar surface area (TPSA) is 115 Å². The molecular weight excluding hydrogens is 428 g/mol. The van der Waals surface area contributed by atoms with Gasteiger partial charge in [0.25, 0.3) is 15.9 Å². The van der Waals surface area contributed by atoms with Crippen LogP contribution in [0, 0.1) is 13.8 Å². The van der Waals surface area contributed by atoms with Gasteiger partial charge < -0.3 is 9.15 Å². The monoisotopic (exact) mass is 450 g/mol. The molecule has 160 valence electrons. The third kappa shape index (κ3) is 5.23. The largest absolute Gasteiger partial charge is 0.484 e. The number of furan rings is 1. The van der Waals surface area contributed by atoms with Gasteiger partial charge in [0.15, 0.2) is 6.61 Å². The molecule has 0 unspecified atom stereocenters. The van der Waals surface area contributed by atoms with Crippen molar-refractivity contribution in [1.82, 2.24) is 14.5 Å². The molecule has 1 aromatic carbocycles. The molecule has 0 radical (unpaired) electrons. The number of anilines is 1. The Morgan fingerprint density at radius 1 is 1.23 bits per heavy atom. The number of sulfonamides is 1. The summed E-state index contributed by atoms with van der Waals surface area (Å²) in [5.74, 6) is 0.628. The van der Waals surface area contributed by atoms with Crippen LogP contribution in [-0.4, -0.2) is 42.0 Å². The molecule has 0 bridgehead atoms. The maximum Gasteiger partial charge on any atom is 0.272 e. The molecule has 0 aliphatic carbocycles. The van der Waals surface area contributed by atoms with Crippen LogP contribution in [0.3, 0.4) is 0 Å². The average Bonchev–Trinajstić information content (AvgIpc) is 3.39. The van der Waals surface area contributed by atoms with E-state index in [1.165, 1.54) is 10.6 Å². The Bertz CT molecular complexity index is 1110. The number of carbonyl (C=O) groups excluding carboxylic acids is 1. The standard InChI is InChI=1S/C19H22N4O5S2/c1-4-23(11-16-6-5-9-27-16)30(25,26)19-22-21-18(29-19)20-17(24)12-28-15-8-7-13(2)14(3)10-15/h5-10H,4,11-12H2,1-3H3,(H,20,21,24). The predicted molar refractivity (Wildman–Crippen MR) is 112 cm³/mol. The Balaban J connectivity index is 1.61. The minimum Gasteiger partial charge on any atom is -0.484 e. The van der Waals surface area contributed by atoms with Crippen LogP contribution in [0.25, 0.3) is 0 Å². The second-order valence-electron chi connectivity index (χ2n) is 6.47. The summed E-state index contributed by atoms with van der Waals surface area (Å²) in [6.45, 7) is 5.74. The van der Waals surface area contributed by atoms with Crippen molar-refractivity contribution in [3.63, 3.8) is 0 Å². The van der Waals surface area contributed by atoms with Crippen LogP contribution in [0.15, 0.2) is 45.4 Å². The first-order chi connectivity index (χ1) is 14.3. The Hall–Kier alpha value is -2.76. The van der Waals surface area contributed by atoms with E-state index in [9.17, 15) is 13.2 Å². The molecule has 1 amide bonds. The second kappa shape index (κ2) is 9.37. The van der Waals surface area contributed by atoms with E-state index in [-0.39, 0.29) is 29.2 Å². The van der Waals surface area contributed by atoms with Gasteiger partial charge in [-0.25, -0.2) is 8.42 Å². The van der Waals surface area contributed by atoms with E-state index >= 15 is 0 Å². The zero-order valence-corrected chi connectivity index (χ0v) is 18.4. The van der Waals surface area contributed by atoms with Gasteiger partial charge in [-0.15, -0.1) is 10.2 Å². The number of hydrogen-bond donors (Lipinski definition) is 1. The number of nitrogens with one attached hydrogen (secondary N) is 1. The molecule has 3 aromatic rings. The summed E-state index contributed by atoms with van der Waals surface area (Å²) >= 11 is 0.781. The number of rotatable bonds is 9. The lowest BCUT2D eigenvalue weighted by Crippen LogP contribution is -2.30. The molecule has 0 saturated carbocycles. The zero-order chi connectivity index (χ0) is 21.7. The van der Waals surface area contributed by atoms with Gasteiger partial charge in [-0.3, -0.25) is 10.1 Å². The summed E-state index contributed by atoms with van der Waals surface area (Å²) < 4.78 is 37.3. The normalized spacial score (nSPS) is 11.6. The molecule has 0 spiro atoms. The van der Waals surface area contributed by atoms with Crippen LogP contribution >= 0.6 is 11.3 Å². The van der Waals surface area contributed by atoms with E-state index in [1.807, 2.05) is 26.0 Å². The quantitative estimate of drug-likeness (QED) is 0.498. The summed E-state index contributed by atoms with van der Waals surface area (Å²) in [6.07, 6.45) is 1.48. The molecule has 0 fully saturated rings. The molecular formula is C19H22N4O5S2. The second-order valence-corrected chi connectivity index (χ2v) is 9.56. The van der Waals surface area contributed by atoms with Gasteiger partial charge >= 0.3 is 0 Å². The lowest BCUT2D eigenvalue weighted by Gasteiger charge is -2.16. The Kier molecular flexibility index (Phi) is 6.85. The highest BCUT2D eigenvalue weighted by molar-refractivity contribution is 7.91. The van der Waals surface area contributed by atoms with E-state index in [0.717, 1.165) is 22.5 Å². The number of ether oxygens (including phenoxy) is 1. The molecule has 0 aliphatic rings. The first-order valence-electron chi connectivity index (χ1n) is 9.15. The smallest absolute Gasteiger partial charge is 0.272 e. The van der Waals surface area contributed by atoms with Crippen molar-refractivity contribution in [2.24, 2.45) is 0 Å². The van der Waals surface area contributed by atoms with Gasteiger partial charge in [-0.1, -0.05) is 24.3 Å². The summed E-state index contributed by atoms with van der Waals surface area (Å²) in [5, 5.41) is 10.1. The van der Waals surface area contributed by atoms with Crippen molar-refractivity contribution in [3.8, 4) is 5.75 Å². The highest BCUT2D eigenvalue weighted by atomic mass is 32.2. The van der Waals surface area contributed by atoms with Gasteiger partial charge in [0.05, 0.1) is 12.8 Å². The number of carbonyl (C=O) groups is 1. The maximum atomic E-state index is 12.8. The maximum absolute atomic E-state index is 12.8. The Morgan fingerprint density at radius 2 is 2.03 bits per heavy atom. The molecule has 2 aromatic heterocycles. The molecule has 0 aliphatic heterocycles. The van der Waals surface area contributed by atoms with Crippen LogP contribution in [0.4, 0.5) is 5.13 Å². The number of aryl methyl sites for hydroxylation is 2. The molecule has 0 atom stereocenters. The highest BCUT2D eigenvalue weighted by Gasteiger charge is 2.28. The third-order valence-corrected chi connectivity index (χ3v) is 7.43. The zero-order valence-electron chi connectivity index (χ0n) is 16.8. The summed E-state index contributed by atoms with van der Waals surface area (Å²) in [6, 6.07) is 8.92. The SMILES string of the molecule is CCN(Cc1ccco1)S(=O)(=O)c1nnc(NC(=O)COc2ccc(C)c(C)c2)s1. The molecule has 11 heteroatoms. The van der Waals surface area contributed by atoms with Gasteiger partial charge in [-0.2, -0.15) is 4.31 Å². The fourth-order valence-corrected chi connectivity index (χ4v) is 5.00. The van der Waals surface area contributed by atoms with Crippen molar-refractivity contribution in [2.45, 2.75) is 31.7 Å². The predicted octanol–water partition coefficient (Wildman–Crippen LogP) is 2.98. The van der Waals surface area contributed by atoms with E-state index < -0.39 is 15.9 Å². The van der Waals surface area contributed by atoms with E-state index in [4.69, 9.17) is 9.15 Å². The minimum absolute atomic E-state index is 0.0799. The van der Waals surface area contributed by atoms with Crippen LogP contribution in [0.1, 0.15) is 23.8 Å². The molecule has 1 N–H and O–H groups in total. The lowest BCUT2D eigenvalue weighted by molar-refractivity contribution is -0.118. The third-order valence-electron chi connectivity index (χ3n) is 4.33. The molecule has 30 heavy (non-hydrogen) atoms. The van der Waals surface area contributed by atoms with Crippen molar-refractivity contribution >= 4 is 32.4 Å². The number of nitrogens with zero attached hydrogens (tertiary/aromatic N) is 3. The first kappa shape index (κ1) is 21.9. The Morgan fingerprint density at radius 3 is 2.70 bits per heavy atom. The summed E-state index contributed by atoms with van der Waals surface area (Å²) in [5.41, 5.74) is 2.18.